The number of hydrogen-bond donors (Lipinski definition) is 3. The lowest BCUT2D eigenvalue weighted by Gasteiger charge is -2.13. The van der Waals surface area contributed by atoms with E-state index >= 15 is 0 Å². The molecule has 1 saturated heterocycles. The Morgan fingerprint density at radius 3 is 2.79 bits per heavy atom. The first-order valence-corrected chi connectivity index (χ1v) is 4.13. The van der Waals surface area contributed by atoms with Crippen molar-refractivity contribution in [1.82, 2.24) is 15.4 Å². The van der Waals surface area contributed by atoms with E-state index in [1.807, 2.05) is 0 Å². The van der Waals surface area contributed by atoms with Gasteiger partial charge in [0, 0.05) is 30.7 Å². The topological polar surface area (TPSA) is 90.9 Å². The molecule has 1 aliphatic rings. The lowest BCUT2D eigenvalue weighted by molar-refractivity contribution is 0.805. The van der Waals surface area contributed by atoms with E-state index in [-0.39, 0.29) is 0 Å². The monoisotopic (exact) mass is 190 g/mol. The second kappa shape index (κ2) is 3.43. The lowest BCUT2D eigenvalue weighted by Crippen LogP contribution is -2.35. The van der Waals surface area contributed by atoms with E-state index in [2.05, 4.69) is 15.4 Å². The molecule has 0 aromatic carbocycles. The van der Waals surface area contributed by atoms with Crippen LogP contribution in [-0.4, -0.2) is 22.3 Å². The highest BCUT2D eigenvalue weighted by molar-refractivity contribution is 6.08. The zero-order chi connectivity index (χ0) is 9.97. The number of hydrogen-bond acceptors (Lipinski definition) is 5. The van der Waals surface area contributed by atoms with Gasteiger partial charge in [0.25, 0.3) is 0 Å². The maximum atomic E-state index is 7.74. The minimum absolute atomic E-state index is 0.290. The second-order valence-corrected chi connectivity index (χ2v) is 2.76. The number of amidine groups is 1. The Kier molecular flexibility index (Phi) is 2.11. The fourth-order valence-electron chi connectivity index (χ4n) is 1.19. The van der Waals surface area contributed by atoms with Gasteiger partial charge in [0.1, 0.15) is 5.84 Å². The van der Waals surface area contributed by atoms with Gasteiger partial charge >= 0.3 is 0 Å². The molecule has 2 rings (SSSR count). The first kappa shape index (κ1) is 8.64. The van der Waals surface area contributed by atoms with Crippen molar-refractivity contribution in [3.05, 3.63) is 30.2 Å². The molecule has 0 amide bonds. The van der Waals surface area contributed by atoms with Crippen LogP contribution in [0.5, 0.6) is 0 Å². The molecule has 6 heteroatoms. The molecule has 0 atom stereocenters. The number of anilines is 1. The lowest BCUT2D eigenvalue weighted by atomic mass is 10.3. The van der Waals surface area contributed by atoms with Gasteiger partial charge in [0.05, 0.1) is 0 Å². The summed E-state index contributed by atoms with van der Waals surface area (Å²) in [6.45, 7) is 0.535. The highest BCUT2D eigenvalue weighted by atomic mass is 15.6. The van der Waals surface area contributed by atoms with E-state index in [0.717, 1.165) is 5.57 Å². The fraction of sp³-hybridized carbons (Fsp3) is 0.125. The standard InChI is InChI=1S/C8H10N6/c9-4-6-5-13-14(7(6)10)8-11-2-1-3-12-8/h1-4,10,13H,5,9H2. The van der Waals surface area contributed by atoms with Gasteiger partial charge in [-0.05, 0) is 6.07 Å². The number of aromatic nitrogens is 2. The fourth-order valence-corrected chi connectivity index (χ4v) is 1.19. The molecular weight excluding hydrogens is 180 g/mol. The normalized spacial score (nSPS) is 19.3. The molecule has 1 aromatic heterocycles. The molecule has 1 aliphatic heterocycles. The molecule has 0 bridgehead atoms. The minimum Gasteiger partial charge on any atom is -0.404 e. The predicted molar refractivity (Wildman–Crippen MR) is 52.5 cm³/mol. The first-order valence-electron chi connectivity index (χ1n) is 4.13. The molecule has 0 radical (unpaired) electrons. The van der Waals surface area contributed by atoms with Gasteiger partial charge in [-0.1, -0.05) is 0 Å². The largest absolute Gasteiger partial charge is 0.404 e. The van der Waals surface area contributed by atoms with Crippen LogP contribution in [0.3, 0.4) is 0 Å². The van der Waals surface area contributed by atoms with Crippen LogP contribution in [0.25, 0.3) is 0 Å². The van der Waals surface area contributed by atoms with E-state index in [1.54, 1.807) is 18.5 Å². The van der Waals surface area contributed by atoms with Crippen molar-refractivity contribution in [3.63, 3.8) is 0 Å². The summed E-state index contributed by atoms with van der Waals surface area (Å²) in [5, 5.41) is 9.23. The van der Waals surface area contributed by atoms with E-state index in [0.29, 0.717) is 18.3 Å². The zero-order valence-electron chi connectivity index (χ0n) is 7.44. The Labute approximate surface area is 80.9 Å². The van der Waals surface area contributed by atoms with Crippen LogP contribution >= 0.6 is 0 Å². The predicted octanol–water partition coefficient (Wildman–Crippen LogP) is -0.379. The SMILES string of the molecule is N=C1C(=CN)CNN1c1ncccn1. The Bertz CT molecular complexity index is 371. The maximum Gasteiger partial charge on any atom is 0.246 e. The van der Waals surface area contributed by atoms with Crippen LogP contribution in [-0.2, 0) is 0 Å². The Morgan fingerprint density at radius 2 is 2.21 bits per heavy atom. The van der Waals surface area contributed by atoms with Crippen molar-refractivity contribution in [1.29, 1.82) is 5.41 Å². The average Bonchev–Trinajstić information content (AvgIpc) is 2.61. The molecule has 0 unspecified atom stereocenters. The van der Waals surface area contributed by atoms with E-state index in [1.165, 1.54) is 11.2 Å². The Hall–Kier alpha value is -1.95. The van der Waals surface area contributed by atoms with Gasteiger partial charge in [-0.15, -0.1) is 0 Å². The summed E-state index contributed by atoms with van der Waals surface area (Å²) in [7, 11) is 0. The van der Waals surface area contributed by atoms with Gasteiger partial charge in [0.2, 0.25) is 5.95 Å². The van der Waals surface area contributed by atoms with Crippen molar-refractivity contribution >= 4 is 11.8 Å². The van der Waals surface area contributed by atoms with Crippen molar-refractivity contribution < 1.29 is 0 Å². The summed E-state index contributed by atoms with van der Waals surface area (Å²) in [6.07, 6.45) is 4.67. The van der Waals surface area contributed by atoms with Gasteiger partial charge in [-0.25, -0.2) is 20.4 Å². The molecule has 0 saturated carbocycles. The smallest absolute Gasteiger partial charge is 0.246 e. The first-order chi connectivity index (χ1) is 6.83. The third kappa shape index (κ3) is 1.31. The quantitative estimate of drug-likeness (QED) is 0.561. The Balaban J connectivity index is 2.27. The molecule has 14 heavy (non-hydrogen) atoms. The van der Waals surface area contributed by atoms with Gasteiger partial charge in [-0.3, -0.25) is 5.41 Å². The van der Waals surface area contributed by atoms with E-state index in [4.69, 9.17) is 11.1 Å². The highest BCUT2D eigenvalue weighted by Crippen LogP contribution is 2.12. The van der Waals surface area contributed by atoms with E-state index < -0.39 is 0 Å². The minimum atomic E-state index is 0.290. The molecule has 0 aliphatic carbocycles. The highest BCUT2D eigenvalue weighted by Gasteiger charge is 2.24. The number of nitrogens with one attached hydrogen (secondary N) is 2. The maximum absolute atomic E-state index is 7.74. The van der Waals surface area contributed by atoms with Crippen LogP contribution < -0.4 is 16.2 Å². The molecule has 4 N–H and O–H groups in total. The van der Waals surface area contributed by atoms with Gasteiger partial charge in [0.15, 0.2) is 0 Å². The summed E-state index contributed by atoms with van der Waals surface area (Å²) in [6, 6.07) is 1.73. The Morgan fingerprint density at radius 1 is 1.50 bits per heavy atom. The third-order valence-electron chi connectivity index (χ3n) is 1.91. The average molecular weight is 190 g/mol. The summed E-state index contributed by atoms with van der Waals surface area (Å²) >= 11 is 0. The van der Waals surface area contributed by atoms with Crippen LogP contribution in [0.2, 0.25) is 0 Å². The van der Waals surface area contributed by atoms with Crippen molar-refractivity contribution in [3.8, 4) is 0 Å². The number of rotatable bonds is 1. The molecule has 72 valence electrons. The second-order valence-electron chi connectivity index (χ2n) is 2.76. The number of nitrogens with two attached hydrogens (primary N) is 1. The van der Waals surface area contributed by atoms with Crippen LogP contribution in [0.15, 0.2) is 30.2 Å². The van der Waals surface area contributed by atoms with Crippen molar-refractivity contribution in [2.24, 2.45) is 5.73 Å². The summed E-state index contributed by atoms with van der Waals surface area (Å²) in [5.74, 6) is 0.744. The molecular formula is C8H10N6. The van der Waals surface area contributed by atoms with E-state index in [9.17, 15) is 0 Å². The van der Waals surface area contributed by atoms with Gasteiger partial charge in [-0.2, -0.15) is 0 Å². The van der Waals surface area contributed by atoms with Crippen LogP contribution in [0.4, 0.5) is 5.95 Å². The number of hydrazine groups is 1. The third-order valence-corrected chi connectivity index (χ3v) is 1.91. The molecule has 1 fully saturated rings. The molecule has 0 spiro atoms. The summed E-state index contributed by atoms with van der Waals surface area (Å²) < 4.78 is 0. The van der Waals surface area contributed by atoms with Crippen LogP contribution in [0.1, 0.15) is 0 Å². The van der Waals surface area contributed by atoms with Gasteiger partial charge < -0.3 is 5.73 Å². The zero-order valence-corrected chi connectivity index (χ0v) is 7.44. The molecule has 6 nitrogen and oxygen atoms in total. The van der Waals surface area contributed by atoms with Crippen molar-refractivity contribution in [2.75, 3.05) is 11.6 Å². The summed E-state index contributed by atoms with van der Waals surface area (Å²) in [4.78, 5) is 8.05. The van der Waals surface area contributed by atoms with Crippen molar-refractivity contribution in [2.45, 2.75) is 0 Å². The number of nitrogens with zero attached hydrogens (tertiary/aromatic N) is 3. The summed E-state index contributed by atoms with van der Waals surface area (Å²) in [5.41, 5.74) is 9.05. The molecule has 1 aromatic rings. The molecule has 2 heterocycles. The van der Waals surface area contributed by atoms with Crippen LogP contribution in [0, 0.1) is 5.41 Å².